The van der Waals surface area contributed by atoms with Crippen LogP contribution in [0.1, 0.15) is 39.5 Å². The van der Waals surface area contributed by atoms with E-state index in [9.17, 15) is 0 Å². The summed E-state index contributed by atoms with van der Waals surface area (Å²) in [5.74, 6) is 1.50. The Balaban J connectivity index is 2.13. The van der Waals surface area contributed by atoms with Crippen LogP contribution in [0.3, 0.4) is 0 Å². The van der Waals surface area contributed by atoms with Gasteiger partial charge in [-0.05, 0) is 42.9 Å². The molecule has 0 saturated heterocycles. The van der Waals surface area contributed by atoms with Gasteiger partial charge >= 0.3 is 0 Å². The largest absolute Gasteiger partial charge is 0.378 e. The molecule has 0 bridgehead atoms. The van der Waals surface area contributed by atoms with Crippen molar-refractivity contribution < 1.29 is 0 Å². The molecule has 19 heavy (non-hydrogen) atoms. The number of hydrogen-bond donors (Lipinski definition) is 2. The highest BCUT2D eigenvalue weighted by Crippen LogP contribution is 2.38. The molecule has 1 aliphatic carbocycles. The minimum absolute atomic E-state index is 0.0396. The van der Waals surface area contributed by atoms with Gasteiger partial charge in [-0.2, -0.15) is 0 Å². The maximum Gasteiger partial charge on any atom is 0.0498 e. The molecule has 3 N–H and O–H groups in total. The van der Waals surface area contributed by atoms with E-state index in [1.807, 2.05) is 18.2 Å². The van der Waals surface area contributed by atoms with Crippen molar-refractivity contribution in [2.45, 2.75) is 45.1 Å². The first-order chi connectivity index (χ1) is 9.04. The number of halogens is 1. The summed E-state index contributed by atoms with van der Waals surface area (Å²) in [5.41, 5.74) is 7.22. The van der Waals surface area contributed by atoms with Gasteiger partial charge in [0.1, 0.15) is 0 Å². The lowest BCUT2D eigenvalue weighted by Gasteiger charge is -2.43. The Kier molecular flexibility index (Phi) is 4.75. The smallest absolute Gasteiger partial charge is 0.0498 e. The zero-order valence-electron chi connectivity index (χ0n) is 12.0. The van der Waals surface area contributed by atoms with Crippen LogP contribution in [-0.2, 0) is 0 Å². The lowest BCUT2D eigenvalue weighted by atomic mass is 9.71. The van der Waals surface area contributed by atoms with Crippen molar-refractivity contribution in [1.29, 1.82) is 0 Å². The molecule has 2 atom stereocenters. The summed E-state index contributed by atoms with van der Waals surface area (Å²) in [6.07, 6.45) is 4.90. The Morgan fingerprint density at radius 1 is 1.47 bits per heavy atom. The SMILES string of the molecule is CC(C)C1CCCC(CN)(Nc2cccc(Cl)c2)C1. The topological polar surface area (TPSA) is 38.0 Å². The Morgan fingerprint density at radius 3 is 2.89 bits per heavy atom. The van der Waals surface area contributed by atoms with Crippen LogP contribution >= 0.6 is 11.6 Å². The molecule has 0 spiro atoms. The van der Waals surface area contributed by atoms with Crippen molar-refractivity contribution in [3.8, 4) is 0 Å². The molecule has 1 saturated carbocycles. The van der Waals surface area contributed by atoms with E-state index in [1.165, 1.54) is 12.8 Å². The molecule has 1 aromatic rings. The fourth-order valence-electron chi connectivity index (χ4n) is 3.20. The van der Waals surface area contributed by atoms with Gasteiger partial charge in [0.25, 0.3) is 0 Å². The summed E-state index contributed by atoms with van der Waals surface area (Å²) in [6.45, 7) is 5.32. The Hall–Kier alpha value is -0.730. The second-order valence-corrected chi connectivity index (χ2v) is 6.66. The van der Waals surface area contributed by atoms with Crippen LogP contribution in [0, 0.1) is 11.8 Å². The summed E-state index contributed by atoms with van der Waals surface area (Å²) in [7, 11) is 0. The lowest BCUT2D eigenvalue weighted by Crippen LogP contribution is -2.49. The summed E-state index contributed by atoms with van der Waals surface area (Å²) in [4.78, 5) is 0. The zero-order valence-corrected chi connectivity index (χ0v) is 12.7. The monoisotopic (exact) mass is 280 g/mol. The van der Waals surface area contributed by atoms with Crippen molar-refractivity contribution in [1.82, 2.24) is 0 Å². The van der Waals surface area contributed by atoms with Gasteiger partial charge in [-0.25, -0.2) is 0 Å². The van der Waals surface area contributed by atoms with E-state index < -0.39 is 0 Å². The first-order valence-corrected chi connectivity index (χ1v) is 7.66. The van der Waals surface area contributed by atoms with E-state index in [2.05, 4.69) is 25.2 Å². The van der Waals surface area contributed by atoms with Crippen LogP contribution in [-0.4, -0.2) is 12.1 Å². The quantitative estimate of drug-likeness (QED) is 0.863. The fourth-order valence-corrected chi connectivity index (χ4v) is 3.39. The number of nitrogens with two attached hydrogens (primary N) is 1. The average molecular weight is 281 g/mol. The van der Waals surface area contributed by atoms with Crippen LogP contribution in [0.4, 0.5) is 5.69 Å². The Morgan fingerprint density at radius 2 is 2.26 bits per heavy atom. The predicted octanol–water partition coefficient (Wildman–Crippen LogP) is 4.30. The van der Waals surface area contributed by atoms with E-state index in [4.69, 9.17) is 17.3 Å². The van der Waals surface area contributed by atoms with Crippen molar-refractivity contribution in [2.24, 2.45) is 17.6 Å². The third kappa shape index (κ3) is 3.64. The van der Waals surface area contributed by atoms with E-state index in [1.54, 1.807) is 0 Å². The minimum Gasteiger partial charge on any atom is -0.378 e. The molecule has 106 valence electrons. The first-order valence-electron chi connectivity index (χ1n) is 7.28. The van der Waals surface area contributed by atoms with Crippen molar-refractivity contribution in [2.75, 3.05) is 11.9 Å². The molecule has 0 amide bonds. The van der Waals surface area contributed by atoms with Gasteiger partial charge < -0.3 is 11.1 Å². The van der Waals surface area contributed by atoms with E-state index in [0.29, 0.717) is 6.54 Å². The summed E-state index contributed by atoms with van der Waals surface area (Å²) >= 11 is 6.06. The second kappa shape index (κ2) is 6.15. The zero-order chi connectivity index (χ0) is 13.9. The van der Waals surface area contributed by atoms with Gasteiger partial charge in [-0.3, -0.25) is 0 Å². The molecule has 0 radical (unpaired) electrons. The molecular formula is C16H25ClN2. The van der Waals surface area contributed by atoms with Crippen LogP contribution in [0.5, 0.6) is 0 Å². The molecule has 2 rings (SSSR count). The molecule has 0 heterocycles. The van der Waals surface area contributed by atoms with Gasteiger partial charge in [0, 0.05) is 22.8 Å². The Bertz CT molecular complexity index is 419. The van der Waals surface area contributed by atoms with E-state index >= 15 is 0 Å². The maximum absolute atomic E-state index is 6.09. The van der Waals surface area contributed by atoms with Gasteiger partial charge in [0.05, 0.1) is 0 Å². The highest BCUT2D eigenvalue weighted by atomic mass is 35.5. The number of hydrogen-bond acceptors (Lipinski definition) is 2. The second-order valence-electron chi connectivity index (χ2n) is 6.22. The average Bonchev–Trinajstić information content (AvgIpc) is 2.39. The molecule has 3 heteroatoms. The molecule has 1 aliphatic rings. The Labute approximate surface area is 121 Å². The van der Waals surface area contributed by atoms with E-state index in [-0.39, 0.29) is 5.54 Å². The molecule has 2 unspecified atom stereocenters. The summed E-state index contributed by atoms with van der Waals surface area (Å²) in [5, 5.41) is 4.43. The maximum atomic E-state index is 6.09. The number of benzene rings is 1. The third-order valence-corrected chi connectivity index (χ3v) is 4.69. The molecular weight excluding hydrogens is 256 g/mol. The molecule has 0 aliphatic heterocycles. The minimum atomic E-state index is 0.0396. The van der Waals surface area contributed by atoms with E-state index in [0.717, 1.165) is 35.4 Å². The standard InChI is InChI=1S/C16H25ClN2/c1-12(2)13-5-4-8-16(10-13,11-18)19-15-7-3-6-14(17)9-15/h3,6-7,9,12-13,19H,4-5,8,10-11,18H2,1-2H3. The van der Waals surface area contributed by atoms with Gasteiger partial charge in [-0.15, -0.1) is 0 Å². The van der Waals surface area contributed by atoms with Crippen molar-refractivity contribution >= 4 is 17.3 Å². The molecule has 0 aromatic heterocycles. The fraction of sp³-hybridized carbons (Fsp3) is 0.625. The number of anilines is 1. The molecule has 1 fully saturated rings. The number of nitrogens with one attached hydrogen (secondary N) is 1. The van der Waals surface area contributed by atoms with Crippen LogP contribution in [0.2, 0.25) is 5.02 Å². The van der Waals surface area contributed by atoms with Crippen LogP contribution in [0.15, 0.2) is 24.3 Å². The van der Waals surface area contributed by atoms with Crippen LogP contribution < -0.4 is 11.1 Å². The summed E-state index contributed by atoms with van der Waals surface area (Å²) < 4.78 is 0. The molecule has 2 nitrogen and oxygen atoms in total. The third-order valence-electron chi connectivity index (χ3n) is 4.45. The van der Waals surface area contributed by atoms with Gasteiger partial charge in [0.15, 0.2) is 0 Å². The highest BCUT2D eigenvalue weighted by molar-refractivity contribution is 6.30. The highest BCUT2D eigenvalue weighted by Gasteiger charge is 2.36. The van der Waals surface area contributed by atoms with Crippen molar-refractivity contribution in [3.05, 3.63) is 29.3 Å². The van der Waals surface area contributed by atoms with Crippen molar-refractivity contribution in [3.63, 3.8) is 0 Å². The first kappa shape index (κ1) is 14.7. The lowest BCUT2D eigenvalue weighted by molar-refractivity contribution is 0.203. The van der Waals surface area contributed by atoms with Gasteiger partial charge in [0.2, 0.25) is 0 Å². The predicted molar refractivity (Wildman–Crippen MR) is 83.7 cm³/mol. The number of rotatable bonds is 4. The van der Waals surface area contributed by atoms with Gasteiger partial charge in [-0.1, -0.05) is 44.4 Å². The van der Waals surface area contributed by atoms with Crippen LogP contribution in [0.25, 0.3) is 0 Å². The summed E-state index contributed by atoms with van der Waals surface area (Å²) in [6, 6.07) is 7.94. The molecule has 1 aromatic carbocycles. The normalized spacial score (nSPS) is 27.5.